The lowest BCUT2D eigenvalue weighted by Gasteiger charge is -2.01. The van der Waals surface area contributed by atoms with Crippen LogP contribution in [0.5, 0.6) is 5.75 Å². The molecule has 1 fully saturated rings. The Hall–Kier alpha value is -1.48. The predicted molar refractivity (Wildman–Crippen MR) is 137 cm³/mol. The number of aromatic hydroxyl groups is 1. The van der Waals surface area contributed by atoms with Gasteiger partial charge in [-0.3, -0.25) is 0 Å². The molecule has 0 bridgehead atoms. The van der Waals surface area contributed by atoms with Gasteiger partial charge in [0.1, 0.15) is 5.75 Å². The zero-order valence-corrected chi connectivity index (χ0v) is 20.5. The molecule has 1 aliphatic rings. The highest BCUT2D eigenvalue weighted by Crippen LogP contribution is 2.24. The van der Waals surface area contributed by atoms with E-state index in [4.69, 9.17) is 5.11 Å². The summed E-state index contributed by atoms with van der Waals surface area (Å²) in [5.41, 5.74) is 1.21. The van der Waals surface area contributed by atoms with Crippen molar-refractivity contribution in [2.45, 2.75) is 122 Å². The van der Waals surface area contributed by atoms with Crippen LogP contribution in [0.3, 0.4) is 0 Å². The second kappa shape index (κ2) is 19.2. The maximum absolute atomic E-state index is 9.00. The summed E-state index contributed by atoms with van der Waals surface area (Å²) in [6, 6.07) is 9.01. The maximum atomic E-state index is 9.00. The summed E-state index contributed by atoms with van der Waals surface area (Å²) >= 11 is 0. The largest absolute Gasteiger partial charge is 0.508 e. The van der Waals surface area contributed by atoms with Crippen molar-refractivity contribution in [1.29, 1.82) is 0 Å². The Morgan fingerprint density at radius 1 is 0.806 bits per heavy atom. The second-order valence-electron chi connectivity index (χ2n) is 9.07. The highest BCUT2D eigenvalue weighted by atomic mass is 16.3. The molecule has 1 heterocycles. The van der Waals surface area contributed by atoms with E-state index in [0.29, 0.717) is 5.75 Å². The van der Waals surface area contributed by atoms with E-state index in [-0.39, 0.29) is 0 Å². The minimum absolute atomic E-state index is 0.315. The molecule has 0 aromatic heterocycles. The van der Waals surface area contributed by atoms with Gasteiger partial charge in [0.25, 0.3) is 0 Å². The van der Waals surface area contributed by atoms with Gasteiger partial charge in [-0.15, -0.1) is 0 Å². The molecule has 1 aromatic rings. The average Bonchev–Trinajstić information content (AvgIpc) is 3.53. The Labute approximate surface area is 193 Å². The van der Waals surface area contributed by atoms with E-state index >= 15 is 0 Å². The minimum atomic E-state index is 0.315. The SMILES string of the molecule is C=CNCCc1ccc(O)cc1.CCCCCCCCC1NC1CCCCCCCC. The van der Waals surface area contributed by atoms with Gasteiger partial charge in [-0.2, -0.15) is 0 Å². The first kappa shape index (κ1) is 27.6. The summed E-state index contributed by atoms with van der Waals surface area (Å²) in [5.74, 6) is 0.315. The third kappa shape index (κ3) is 15.9. The molecule has 3 N–H and O–H groups in total. The van der Waals surface area contributed by atoms with E-state index in [0.717, 1.165) is 25.0 Å². The van der Waals surface area contributed by atoms with Crippen molar-refractivity contribution in [1.82, 2.24) is 10.6 Å². The van der Waals surface area contributed by atoms with Gasteiger partial charge in [0, 0.05) is 18.6 Å². The Bertz CT molecular complexity index is 508. The first-order valence-electron chi connectivity index (χ1n) is 13.1. The Kier molecular flexibility index (Phi) is 17.1. The zero-order valence-electron chi connectivity index (χ0n) is 20.5. The number of unbranched alkanes of at least 4 members (excludes halogenated alkanes) is 10. The van der Waals surface area contributed by atoms with E-state index in [1.807, 2.05) is 12.1 Å². The van der Waals surface area contributed by atoms with Crippen LogP contribution in [-0.2, 0) is 6.42 Å². The van der Waals surface area contributed by atoms with Crippen LogP contribution in [0.15, 0.2) is 37.0 Å². The second-order valence-corrected chi connectivity index (χ2v) is 9.07. The molecule has 0 aliphatic carbocycles. The Morgan fingerprint density at radius 3 is 1.77 bits per heavy atom. The molecular formula is C28H50N2O. The molecular weight excluding hydrogens is 380 g/mol. The van der Waals surface area contributed by atoms with Crippen LogP contribution in [0.25, 0.3) is 0 Å². The van der Waals surface area contributed by atoms with Gasteiger partial charge in [-0.05, 0) is 43.2 Å². The standard InChI is InChI=1S/C18H37N.C10H13NO/c1-3-5-7-9-11-13-15-17-18(19-17)16-14-12-10-8-6-4-2;1-2-11-8-7-9-3-5-10(12)6-4-9/h17-19H,3-16H2,1-2H3;2-6,11-12H,1,7-8H2. The third-order valence-corrected chi connectivity index (χ3v) is 6.18. The molecule has 3 nitrogen and oxygen atoms in total. The molecule has 2 rings (SSSR count). The van der Waals surface area contributed by atoms with Crippen LogP contribution < -0.4 is 10.6 Å². The average molecular weight is 431 g/mol. The highest BCUT2D eigenvalue weighted by molar-refractivity contribution is 5.25. The van der Waals surface area contributed by atoms with Crippen molar-refractivity contribution in [3.05, 3.63) is 42.6 Å². The number of hydrogen-bond donors (Lipinski definition) is 3. The van der Waals surface area contributed by atoms with Crippen molar-refractivity contribution in [3.8, 4) is 5.75 Å². The van der Waals surface area contributed by atoms with Crippen molar-refractivity contribution < 1.29 is 5.11 Å². The fourth-order valence-corrected chi connectivity index (χ4v) is 4.06. The van der Waals surface area contributed by atoms with Crippen LogP contribution in [0.4, 0.5) is 0 Å². The molecule has 3 heteroatoms. The molecule has 1 aliphatic heterocycles. The van der Waals surface area contributed by atoms with Crippen LogP contribution in [0.1, 0.15) is 109 Å². The quantitative estimate of drug-likeness (QED) is 0.167. The van der Waals surface area contributed by atoms with Gasteiger partial charge in [-0.25, -0.2) is 0 Å². The number of nitrogens with one attached hydrogen (secondary N) is 2. The molecule has 1 saturated heterocycles. The van der Waals surface area contributed by atoms with Gasteiger partial charge in [0.05, 0.1) is 0 Å². The number of phenols is 1. The first-order chi connectivity index (χ1) is 15.2. The molecule has 1 aromatic carbocycles. The van der Waals surface area contributed by atoms with E-state index in [2.05, 4.69) is 31.1 Å². The molecule has 0 radical (unpaired) electrons. The third-order valence-electron chi connectivity index (χ3n) is 6.18. The summed E-state index contributed by atoms with van der Waals surface area (Å²) < 4.78 is 0. The van der Waals surface area contributed by atoms with Gasteiger partial charge in [-0.1, -0.05) is 110 Å². The lowest BCUT2D eigenvalue weighted by Crippen LogP contribution is -2.08. The van der Waals surface area contributed by atoms with Crippen LogP contribution in [0.2, 0.25) is 0 Å². The monoisotopic (exact) mass is 430 g/mol. The fourth-order valence-electron chi connectivity index (χ4n) is 4.06. The molecule has 2 unspecified atom stereocenters. The maximum Gasteiger partial charge on any atom is 0.115 e. The predicted octanol–water partition coefficient (Wildman–Crippen LogP) is 7.50. The number of phenolic OH excluding ortho intramolecular Hbond substituents is 1. The molecule has 2 atom stereocenters. The Balaban J connectivity index is 0.000000343. The molecule has 0 saturated carbocycles. The fraction of sp³-hybridized carbons (Fsp3) is 0.714. The number of benzene rings is 1. The molecule has 178 valence electrons. The minimum Gasteiger partial charge on any atom is -0.508 e. The normalized spacial score (nSPS) is 17.0. The first-order valence-corrected chi connectivity index (χ1v) is 13.1. The highest BCUT2D eigenvalue weighted by Gasteiger charge is 2.33. The Morgan fingerprint density at radius 2 is 1.29 bits per heavy atom. The van der Waals surface area contributed by atoms with Crippen molar-refractivity contribution in [3.63, 3.8) is 0 Å². The topological polar surface area (TPSA) is 54.2 Å². The van der Waals surface area contributed by atoms with Crippen LogP contribution in [0, 0.1) is 0 Å². The van der Waals surface area contributed by atoms with Crippen LogP contribution in [-0.4, -0.2) is 23.7 Å². The number of hydrogen-bond acceptors (Lipinski definition) is 3. The van der Waals surface area contributed by atoms with Crippen molar-refractivity contribution in [2.75, 3.05) is 6.54 Å². The molecule has 0 spiro atoms. The summed E-state index contributed by atoms with van der Waals surface area (Å²) in [6.45, 7) is 9.02. The lowest BCUT2D eigenvalue weighted by atomic mass is 10.0. The summed E-state index contributed by atoms with van der Waals surface area (Å²) in [6.07, 6.45) is 22.8. The summed E-state index contributed by atoms with van der Waals surface area (Å²) in [7, 11) is 0. The van der Waals surface area contributed by atoms with Gasteiger partial charge >= 0.3 is 0 Å². The number of rotatable bonds is 18. The van der Waals surface area contributed by atoms with Crippen molar-refractivity contribution >= 4 is 0 Å². The van der Waals surface area contributed by atoms with Gasteiger partial charge in [0.2, 0.25) is 0 Å². The van der Waals surface area contributed by atoms with E-state index < -0.39 is 0 Å². The summed E-state index contributed by atoms with van der Waals surface area (Å²) in [4.78, 5) is 0. The molecule has 0 amide bonds. The van der Waals surface area contributed by atoms with E-state index in [1.165, 1.54) is 95.5 Å². The van der Waals surface area contributed by atoms with Gasteiger partial charge in [0.15, 0.2) is 0 Å². The van der Waals surface area contributed by atoms with Crippen LogP contribution >= 0.6 is 0 Å². The zero-order chi connectivity index (χ0) is 22.6. The summed E-state index contributed by atoms with van der Waals surface area (Å²) in [5, 5.41) is 15.7. The van der Waals surface area contributed by atoms with Gasteiger partial charge < -0.3 is 15.7 Å². The molecule has 31 heavy (non-hydrogen) atoms. The lowest BCUT2D eigenvalue weighted by molar-refractivity contribution is 0.475. The smallest absolute Gasteiger partial charge is 0.115 e. The van der Waals surface area contributed by atoms with E-state index in [1.54, 1.807) is 18.3 Å². The van der Waals surface area contributed by atoms with E-state index in [9.17, 15) is 0 Å². The van der Waals surface area contributed by atoms with Crippen molar-refractivity contribution in [2.24, 2.45) is 0 Å².